The van der Waals surface area contributed by atoms with Gasteiger partial charge in [0.1, 0.15) is 11.6 Å². The minimum absolute atomic E-state index is 0.233. The normalized spacial score (nSPS) is 11.6. The van der Waals surface area contributed by atoms with Gasteiger partial charge in [-0.1, -0.05) is 12.1 Å². The molecule has 18 heavy (non-hydrogen) atoms. The van der Waals surface area contributed by atoms with Crippen LogP contribution in [-0.2, 0) is 6.18 Å². The number of anilines is 1. The Kier molecular flexibility index (Phi) is 2.94. The summed E-state index contributed by atoms with van der Waals surface area (Å²) in [4.78, 5) is 3.51. The van der Waals surface area contributed by atoms with E-state index in [0.29, 0.717) is 5.56 Å². The highest BCUT2D eigenvalue weighted by Crippen LogP contribution is 2.34. The SMILES string of the molecule is Nc1ncc(-c2ccc(F)cc2)cc1C(F)(F)F. The number of hydrogen-bond acceptors (Lipinski definition) is 2. The molecule has 0 unspecified atom stereocenters. The van der Waals surface area contributed by atoms with Crippen LogP contribution in [0.4, 0.5) is 23.4 Å². The molecule has 2 rings (SSSR count). The quantitative estimate of drug-likeness (QED) is 0.793. The maximum absolute atomic E-state index is 12.7. The van der Waals surface area contributed by atoms with Gasteiger partial charge in [-0.15, -0.1) is 0 Å². The third-order valence-electron chi connectivity index (χ3n) is 2.40. The zero-order chi connectivity index (χ0) is 13.3. The van der Waals surface area contributed by atoms with Crippen molar-refractivity contribution in [2.24, 2.45) is 0 Å². The average Bonchev–Trinajstić information content (AvgIpc) is 2.29. The largest absolute Gasteiger partial charge is 0.419 e. The molecular weight excluding hydrogens is 248 g/mol. The van der Waals surface area contributed by atoms with E-state index in [1.807, 2.05) is 0 Å². The number of alkyl halides is 3. The summed E-state index contributed by atoms with van der Waals surface area (Å²) in [6.45, 7) is 0. The van der Waals surface area contributed by atoms with E-state index in [4.69, 9.17) is 5.73 Å². The van der Waals surface area contributed by atoms with Gasteiger partial charge in [-0.05, 0) is 23.8 Å². The van der Waals surface area contributed by atoms with Gasteiger partial charge in [0.15, 0.2) is 0 Å². The van der Waals surface area contributed by atoms with Crippen molar-refractivity contribution in [2.45, 2.75) is 6.18 Å². The maximum atomic E-state index is 12.7. The fourth-order valence-electron chi connectivity index (χ4n) is 1.50. The van der Waals surface area contributed by atoms with E-state index in [1.165, 1.54) is 30.5 Å². The molecule has 0 bridgehead atoms. The van der Waals surface area contributed by atoms with Crippen LogP contribution in [-0.4, -0.2) is 4.98 Å². The molecular formula is C12H8F4N2. The van der Waals surface area contributed by atoms with E-state index < -0.39 is 23.4 Å². The third-order valence-corrected chi connectivity index (χ3v) is 2.40. The molecule has 0 fully saturated rings. The third kappa shape index (κ3) is 2.42. The monoisotopic (exact) mass is 256 g/mol. The molecule has 94 valence electrons. The van der Waals surface area contributed by atoms with E-state index in [0.717, 1.165) is 6.07 Å². The van der Waals surface area contributed by atoms with Crippen molar-refractivity contribution in [3.63, 3.8) is 0 Å². The van der Waals surface area contributed by atoms with Crippen molar-refractivity contribution in [3.8, 4) is 11.1 Å². The van der Waals surface area contributed by atoms with Crippen LogP contribution >= 0.6 is 0 Å². The molecule has 0 saturated heterocycles. The van der Waals surface area contributed by atoms with Crippen LogP contribution in [0.1, 0.15) is 5.56 Å². The zero-order valence-electron chi connectivity index (χ0n) is 9.00. The van der Waals surface area contributed by atoms with Gasteiger partial charge in [0.2, 0.25) is 0 Å². The second kappa shape index (κ2) is 4.29. The summed E-state index contributed by atoms with van der Waals surface area (Å²) in [7, 11) is 0. The van der Waals surface area contributed by atoms with Crippen molar-refractivity contribution in [2.75, 3.05) is 5.73 Å². The number of halogens is 4. The van der Waals surface area contributed by atoms with E-state index >= 15 is 0 Å². The van der Waals surface area contributed by atoms with Crippen molar-refractivity contribution in [1.29, 1.82) is 0 Å². The van der Waals surface area contributed by atoms with Gasteiger partial charge >= 0.3 is 6.18 Å². The van der Waals surface area contributed by atoms with Crippen LogP contribution in [0.15, 0.2) is 36.5 Å². The van der Waals surface area contributed by atoms with Gasteiger partial charge in [-0.2, -0.15) is 13.2 Å². The molecule has 0 aliphatic carbocycles. The molecule has 0 aliphatic rings. The first-order valence-corrected chi connectivity index (χ1v) is 4.96. The summed E-state index contributed by atoms with van der Waals surface area (Å²) in [5.41, 5.74) is 4.86. The second-order valence-corrected chi connectivity index (χ2v) is 3.66. The smallest absolute Gasteiger partial charge is 0.383 e. The zero-order valence-corrected chi connectivity index (χ0v) is 9.00. The molecule has 1 heterocycles. The molecule has 0 amide bonds. The number of pyridine rings is 1. The van der Waals surface area contributed by atoms with Crippen molar-refractivity contribution >= 4 is 5.82 Å². The summed E-state index contributed by atoms with van der Waals surface area (Å²) in [6.07, 6.45) is -3.34. The molecule has 0 aliphatic heterocycles. The van der Waals surface area contributed by atoms with Crippen molar-refractivity contribution in [3.05, 3.63) is 47.9 Å². The summed E-state index contributed by atoms with van der Waals surface area (Å²) >= 11 is 0. The standard InChI is InChI=1S/C12H8F4N2/c13-9-3-1-7(2-4-9)8-5-10(12(14,15)16)11(17)18-6-8/h1-6H,(H2,17,18). The number of rotatable bonds is 1. The Balaban J connectivity index is 2.50. The van der Waals surface area contributed by atoms with E-state index in [2.05, 4.69) is 4.98 Å². The number of hydrogen-bond donors (Lipinski definition) is 1. The highest BCUT2D eigenvalue weighted by molar-refractivity contribution is 5.65. The Bertz CT molecular complexity index is 561. The first-order chi connectivity index (χ1) is 8.38. The predicted molar refractivity (Wildman–Crippen MR) is 59.0 cm³/mol. The fraction of sp³-hybridized carbons (Fsp3) is 0.0833. The molecule has 6 heteroatoms. The number of nitrogens with zero attached hydrogens (tertiary/aromatic N) is 1. The van der Waals surface area contributed by atoms with Crippen LogP contribution < -0.4 is 5.73 Å². The van der Waals surface area contributed by atoms with Gasteiger partial charge in [-0.3, -0.25) is 0 Å². The minimum atomic E-state index is -4.56. The van der Waals surface area contributed by atoms with E-state index in [1.54, 1.807) is 0 Å². The van der Waals surface area contributed by atoms with Crippen LogP contribution in [0.2, 0.25) is 0 Å². The van der Waals surface area contributed by atoms with Gasteiger partial charge in [0, 0.05) is 11.8 Å². The molecule has 0 saturated carbocycles. The molecule has 0 atom stereocenters. The topological polar surface area (TPSA) is 38.9 Å². The minimum Gasteiger partial charge on any atom is -0.383 e. The number of nitrogen functional groups attached to an aromatic ring is 1. The molecule has 0 radical (unpaired) electrons. The lowest BCUT2D eigenvalue weighted by Gasteiger charge is -2.11. The highest BCUT2D eigenvalue weighted by Gasteiger charge is 2.34. The lowest BCUT2D eigenvalue weighted by atomic mass is 10.1. The predicted octanol–water partition coefficient (Wildman–Crippen LogP) is 3.49. The van der Waals surface area contributed by atoms with E-state index in [-0.39, 0.29) is 5.56 Å². The highest BCUT2D eigenvalue weighted by atomic mass is 19.4. The summed E-state index contributed by atoms with van der Waals surface area (Å²) in [5, 5.41) is 0. The van der Waals surface area contributed by atoms with Gasteiger partial charge in [0.05, 0.1) is 5.56 Å². The Morgan fingerprint density at radius 2 is 1.61 bits per heavy atom. The second-order valence-electron chi connectivity index (χ2n) is 3.66. The summed E-state index contributed by atoms with van der Waals surface area (Å²) < 4.78 is 50.6. The van der Waals surface area contributed by atoms with Gasteiger partial charge in [0.25, 0.3) is 0 Å². The van der Waals surface area contributed by atoms with Crippen LogP contribution in [0.5, 0.6) is 0 Å². The fourth-order valence-corrected chi connectivity index (χ4v) is 1.50. The van der Waals surface area contributed by atoms with Gasteiger partial charge < -0.3 is 5.73 Å². The average molecular weight is 256 g/mol. The lowest BCUT2D eigenvalue weighted by molar-refractivity contribution is -0.137. The Morgan fingerprint density at radius 1 is 1.00 bits per heavy atom. The van der Waals surface area contributed by atoms with Crippen molar-refractivity contribution < 1.29 is 17.6 Å². The molecule has 2 aromatic rings. The van der Waals surface area contributed by atoms with Crippen LogP contribution in [0, 0.1) is 5.82 Å². The molecule has 0 spiro atoms. The summed E-state index contributed by atoms with van der Waals surface area (Å²) in [5.74, 6) is -1.04. The number of nitrogens with two attached hydrogens (primary N) is 1. The van der Waals surface area contributed by atoms with Crippen molar-refractivity contribution in [1.82, 2.24) is 4.98 Å². The molecule has 1 aromatic heterocycles. The number of benzene rings is 1. The first kappa shape index (κ1) is 12.3. The summed E-state index contributed by atoms with van der Waals surface area (Å²) in [6, 6.07) is 5.98. The number of aromatic nitrogens is 1. The molecule has 1 aromatic carbocycles. The lowest BCUT2D eigenvalue weighted by Crippen LogP contribution is -2.10. The van der Waals surface area contributed by atoms with Gasteiger partial charge in [-0.25, -0.2) is 9.37 Å². The first-order valence-electron chi connectivity index (χ1n) is 4.96. The molecule has 2 N–H and O–H groups in total. The molecule has 2 nitrogen and oxygen atoms in total. The van der Waals surface area contributed by atoms with Crippen LogP contribution in [0.3, 0.4) is 0 Å². The maximum Gasteiger partial charge on any atom is 0.419 e. The Morgan fingerprint density at radius 3 is 2.17 bits per heavy atom. The van der Waals surface area contributed by atoms with E-state index in [9.17, 15) is 17.6 Å². The Labute approximate surface area is 100 Å². The Hall–Kier alpha value is -2.11. The van der Waals surface area contributed by atoms with Crippen LogP contribution in [0.25, 0.3) is 11.1 Å².